The molecule has 0 aliphatic rings. The maximum Gasteiger partial charge on any atom is 0.291 e. The molecule has 2 rings (SSSR count). The van der Waals surface area contributed by atoms with Gasteiger partial charge in [-0.3, -0.25) is 4.79 Å². The SMILES string of the molecule is NS(=O)(=O)c1ccc(C(=O)Nc2c(F)cccc2F)o1. The number of benzene rings is 1. The van der Waals surface area contributed by atoms with E-state index in [1.165, 1.54) is 0 Å². The first-order valence-corrected chi connectivity index (χ1v) is 6.71. The number of nitrogens with one attached hydrogen (secondary N) is 1. The Hall–Kier alpha value is -2.26. The molecular formula is C11H8F2N2O4S. The van der Waals surface area contributed by atoms with Gasteiger partial charge in [-0.2, -0.15) is 0 Å². The smallest absolute Gasteiger partial charge is 0.291 e. The van der Waals surface area contributed by atoms with E-state index in [1.807, 2.05) is 5.32 Å². The third kappa shape index (κ3) is 2.83. The Morgan fingerprint density at radius 2 is 1.75 bits per heavy atom. The molecule has 1 aromatic heterocycles. The minimum absolute atomic E-state index is 0.448. The summed E-state index contributed by atoms with van der Waals surface area (Å²) < 4.78 is 53.3. The third-order valence-electron chi connectivity index (χ3n) is 2.29. The number of carbonyl (C=O) groups is 1. The van der Waals surface area contributed by atoms with Gasteiger partial charge in [-0.25, -0.2) is 22.3 Å². The summed E-state index contributed by atoms with van der Waals surface area (Å²) in [5.74, 6) is -3.41. The maximum atomic E-state index is 13.3. The molecule has 0 saturated carbocycles. The number of primary sulfonamides is 1. The summed E-state index contributed by atoms with van der Waals surface area (Å²) in [5, 5.41) is 6.11. The van der Waals surface area contributed by atoms with Gasteiger partial charge in [0.2, 0.25) is 5.09 Å². The topological polar surface area (TPSA) is 102 Å². The van der Waals surface area contributed by atoms with Crippen LogP contribution in [0, 0.1) is 11.6 Å². The molecule has 6 nitrogen and oxygen atoms in total. The zero-order valence-corrected chi connectivity index (χ0v) is 10.6. The van der Waals surface area contributed by atoms with Gasteiger partial charge in [-0.15, -0.1) is 0 Å². The van der Waals surface area contributed by atoms with Gasteiger partial charge in [0.1, 0.15) is 17.3 Å². The fraction of sp³-hybridized carbons (Fsp3) is 0. The van der Waals surface area contributed by atoms with E-state index in [0.717, 1.165) is 30.3 Å². The molecule has 3 N–H and O–H groups in total. The highest BCUT2D eigenvalue weighted by molar-refractivity contribution is 7.89. The average molecular weight is 302 g/mol. The molecule has 0 saturated heterocycles. The lowest BCUT2D eigenvalue weighted by atomic mass is 10.3. The summed E-state index contributed by atoms with van der Waals surface area (Å²) in [5.41, 5.74) is -0.661. The van der Waals surface area contributed by atoms with Crippen molar-refractivity contribution in [3.8, 4) is 0 Å². The Morgan fingerprint density at radius 1 is 1.15 bits per heavy atom. The monoisotopic (exact) mass is 302 g/mol. The number of nitrogens with two attached hydrogens (primary N) is 1. The normalized spacial score (nSPS) is 11.3. The largest absolute Gasteiger partial charge is 0.438 e. The minimum atomic E-state index is -4.10. The molecule has 2 aromatic rings. The number of amides is 1. The quantitative estimate of drug-likeness (QED) is 0.895. The van der Waals surface area contributed by atoms with Gasteiger partial charge in [0.05, 0.1) is 0 Å². The molecule has 0 spiro atoms. The number of halogens is 2. The molecule has 0 unspecified atom stereocenters. The van der Waals surface area contributed by atoms with Crippen LogP contribution in [0.25, 0.3) is 0 Å². The number of sulfonamides is 1. The van der Waals surface area contributed by atoms with Crippen LogP contribution < -0.4 is 10.5 Å². The molecule has 0 bridgehead atoms. The van der Waals surface area contributed by atoms with Crippen molar-refractivity contribution < 1.29 is 26.4 Å². The number of para-hydroxylation sites is 1. The van der Waals surface area contributed by atoms with Crippen LogP contribution in [-0.2, 0) is 10.0 Å². The molecule has 20 heavy (non-hydrogen) atoms. The molecule has 0 atom stereocenters. The van der Waals surface area contributed by atoms with Gasteiger partial charge in [0.25, 0.3) is 15.9 Å². The standard InChI is InChI=1S/C11H8F2N2O4S/c12-6-2-1-3-7(13)10(6)15-11(16)8-4-5-9(19-8)20(14,17)18/h1-5H,(H,15,16)(H2,14,17,18). The second-order valence-corrected chi connectivity index (χ2v) is 5.21. The fourth-order valence-corrected chi connectivity index (χ4v) is 1.85. The Balaban J connectivity index is 2.27. The van der Waals surface area contributed by atoms with Crippen LogP contribution in [0.1, 0.15) is 10.6 Å². The average Bonchev–Trinajstić information content (AvgIpc) is 2.83. The van der Waals surface area contributed by atoms with E-state index in [9.17, 15) is 22.0 Å². The van der Waals surface area contributed by atoms with E-state index >= 15 is 0 Å². The van der Waals surface area contributed by atoms with Crippen LogP contribution in [0.3, 0.4) is 0 Å². The Kier molecular flexibility index (Phi) is 3.55. The molecule has 1 aromatic carbocycles. The van der Waals surface area contributed by atoms with Crippen molar-refractivity contribution >= 4 is 21.6 Å². The number of furan rings is 1. The lowest BCUT2D eigenvalue weighted by Crippen LogP contribution is -2.14. The summed E-state index contributed by atoms with van der Waals surface area (Å²) in [7, 11) is -4.10. The van der Waals surface area contributed by atoms with Gasteiger partial charge in [-0.05, 0) is 24.3 Å². The highest BCUT2D eigenvalue weighted by atomic mass is 32.2. The van der Waals surface area contributed by atoms with Crippen LogP contribution in [0.4, 0.5) is 14.5 Å². The van der Waals surface area contributed by atoms with Crippen LogP contribution in [-0.4, -0.2) is 14.3 Å². The Labute approximate surface area is 112 Å². The summed E-state index contributed by atoms with van der Waals surface area (Å²) in [6.07, 6.45) is 0. The second-order valence-electron chi connectivity index (χ2n) is 3.71. The van der Waals surface area contributed by atoms with Crippen molar-refractivity contribution in [1.29, 1.82) is 0 Å². The molecule has 0 aliphatic carbocycles. The van der Waals surface area contributed by atoms with Crippen LogP contribution >= 0.6 is 0 Å². The lowest BCUT2D eigenvalue weighted by Gasteiger charge is -2.05. The highest BCUT2D eigenvalue weighted by Gasteiger charge is 2.19. The fourth-order valence-electron chi connectivity index (χ4n) is 1.39. The first-order chi connectivity index (χ1) is 9.29. The van der Waals surface area contributed by atoms with Crippen molar-refractivity contribution in [3.05, 3.63) is 47.7 Å². The Morgan fingerprint density at radius 3 is 2.25 bits per heavy atom. The molecule has 106 valence electrons. The van der Waals surface area contributed by atoms with Gasteiger partial charge in [0.15, 0.2) is 5.76 Å². The minimum Gasteiger partial charge on any atom is -0.438 e. The number of carbonyl (C=O) groups excluding carboxylic acids is 1. The van der Waals surface area contributed by atoms with Crippen LogP contribution in [0.15, 0.2) is 39.8 Å². The summed E-state index contributed by atoms with van der Waals surface area (Å²) in [6, 6.07) is 5.02. The van der Waals surface area contributed by atoms with E-state index < -0.39 is 44.1 Å². The number of anilines is 1. The maximum absolute atomic E-state index is 13.3. The first kappa shape index (κ1) is 14.2. The number of hydrogen-bond acceptors (Lipinski definition) is 4. The zero-order valence-electron chi connectivity index (χ0n) is 9.76. The Bertz CT molecular complexity index is 750. The summed E-state index contributed by atoms with van der Waals surface area (Å²) in [4.78, 5) is 11.7. The second kappa shape index (κ2) is 5.02. The molecule has 0 aliphatic heterocycles. The van der Waals surface area contributed by atoms with E-state index in [4.69, 9.17) is 9.56 Å². The third-order valence-corrected chi connectivity index (χ3v) is 3.07. The van der Waals surface area contributed by atoms with Crippen molar-refractivity contribution in [1.82, 2.24) is 0 Å². The molecule has 1 heterocycles. The molecule has 1 amide bonds. The van der Waals surface area contributed by atoms with Crippen molar-refractivity contribution in [2.45, 2.75) is 5.09 Å². The van der Waals surface area contributed by atoms with Crippen molar-refractivity contribution in [3.63, 3.8) is 0 Å². The zero-order chi connectivity index (χ0) is 14.9. The molecule has 0 fully saturated rings. The van der Waals surface area contributed by atoms with E-state index in [-0.39, 0.29) is 0 Å². The summed E-state index contributed by atoms with van der Waals surface area (Å²) in [6.45, 7) is 0. The van der Waals surface area contributed by atoms with Gasteiger partial charge in [0, 0.05) is 0 Å². The van der Waals surface area contributed by atoms with Crippen LogP contribution in [0.5, 0.6) is 0 Å². The van der Waals surface area contributed by atoms with E-state index in [0.29, 0.717) is 0 Å². The van der Waals surface area contributed by atoms with Gasteiger partial charge in [-0.1, -0.05) is 6.07 Å². The molecular weight excluding hydrogens is 294 g/mol. The predicted molar refractivity (Wildman–Crippen MR) is 64.4 cm³/mol. The molecule has 9 heteroatoms. The molecule has 0 radical (unpaired) electrons. The van der Waals surface area contributed by atoms with Crippen molar-refractivity contribution in [2.75, 3.05) is 5.32 Å². The van der Waals surface area contributed by atoms with Gasteiger partial charge >= 0.3 is 0 Å². The number of rotatable bonds is 3. The highest BCUT2D eigenvalue weighted by Crippen LogP contribution is 2.20. The van der Waals surface area contributed by atoms with Crippen LogP contribution in [0.2, 0.25) is 0 Å². The summed E-state index contributed by atoms with van der Waals surface area (Å²) >= 11 is 0. The number of hydrogen-bond donors (Lipinski definition) is 2. The van der Waals surface area contributed by atoms with Crippen molar-refractivity contribution in [2.24, 2.45) is 5.14 Å². The predicted octanol–water partition coefficient (Wildman–Crippen LogP) is 1.46. The first-order valence-electron chi connectivity index (χ1n) is 5.17. The van der Waals surface area contributed by atoms with E-state index in [1.54, 1.807) is 0 Å². The van der Waals surface area contributed by atoms with E-state index in [2.05, 4.69) is 0 Å². The lowest BCUT2D eigenvalue weighted by molar-refractivity contribution is 0.0990. The van der Waals surface area contributed by atoms with Gasteiger partial charge < -0.3 is 9.73 Å².